The summed E-state index contributed by atoms with van der Waals surface area (Å²) in [5.41, 5.74) is 1.88. The van der Waals surface area contributed by atoms with E-state index < -0.39 is 0 Å². The van der Waals surface area contributed by atoms with E-state index in [4.69, 9.17) is 0 Å². The Morgan fingerprint density at radius 1 is 1.10 bits per heavy atom. The third-order valence-electron chi connectivity index (χ3n) is 5.01. The van der Waals surface area contributed by atoms with Crippen LogP contribution in [0.15, 0.2) is 76.1 Å². The minimum atomic E-state index is 0.0383. The van der Waals surface area contributed by atoms with Crippen molar-refractivity contribution >= 4 is 40.8 Å². The second-order valence-corrected chi connectivity index (χ2v) is 9.10. The van der Waals surface area contributed by atoms with Gasteiger partial charge in [0.05, 0.1) is 17.1 Å². The molecule has 2 aliphatic rings. The molecule has 3 aromatic rings. The first-order chi connectivity index (χ1) is 14.3. The van der Waals surface area contributed by atoms with Crippen molar-refractivity contribution in [2.45, 2.75) is 40.3 Å². The largest absolute Gasteiger partial charge is 0.302 e. The lowest BCUT2D eigenvalue weighted by Gasteiger charge is -2.30. The molecule has 1 saturated carbocycles. The van der Waals surface area contributed by atoms with Gasteiger partial charge in [0, 0.05) is 22.3 Å². The van der Waals surface area contributed by atoms with E-state index in [1.54, 1.807) is 11.8 Å². The van der Waals surface area contributed by atoms with Crippen molar-refractivity contribution < 1.29 is 4.79 Å². The van der Waals surface area contributed by atoms with Crippen LogP contribution in [0, 0.1) is 0 Å². The first kappa shape index (κ1) is 18.5. The average molecular weight is 421 g/mol. The summed E-state index contributed by atoms with van der Waals surface area (Å²) in [7, 11) is 0. The Balaban J connectivity index is 1.41. The number of benzene rings is 2. The maximum absolute atomic E-state index is 13.3. The summed E-state index contributed by atoms with van der Waals surface area (Å²) >= 11 is 3.15. The van der Waals surface area contributed by atoms with Crippen molar-refractivity contribution in [3.63, 3.8) is 0 Å². The molecule has 2 heterocycles. The van der Waals surface area contributed by atoms with Crippen LogP contribution in [0.3, 0.4) is 0 Å². The van der Waals surface area contributed by atoms with Gasteiger partial charge >= 0.3 is 0 Å². The highest BCUT2D eigenvalue weighted by Crippen LogP contribution is 2.48. The fourth-order valence-corrected chi connectivity index (χ4v) is 5.38. The molecule has 2 aromatic carbocycles. The molecular weight excluding hydrogens is 400 g/mol. The maximum Gasteiger partial charge on any atom is 0.242 e. The number of para-hydroxylation sites is 2. The predicted molar refractivity (Wildman–Crippen MR) is 117 cm³/mol. The Hall–Kier alpha value is -2.51. The molecule has 1 aromatic heterocycles. The number of hydrogen-bond donors (Lipinski definition) is 0. The molecule has 0 N–H and O–H groups in total. The van der Waals surface area contributed by atoms with Crippen LogP contribution in [0.5, 0.6) is 0 Å². The standard InChI is InChI=1S/C22H20N4OS2/c1-2-13-25-21(15-11-12-15)23-24-22(25)28-14-20(27)26-16-7-3-5-9-18(16)29-19-10-6-4-8-17(19)26/h2-10,15H,1,11-14H2. The van der Waals surface area contributed by atoms with Gasteiger partial charge in [-0.25, -0.2) is 0 Å². The smallest absolute Gasteiger partial charge is 0.242 e. The van der Waals surface area contributed by atoms with E-state index in [1.165, 1.54) is 11.8 Å². The molecule has 0 radical (unpaired) electrons. The third kappa shape index (κ3) is 3.49. The number of thioether (sulfide) groups is 1. The SMILES string of the molecule is C=CCn1c(SCC(=O)N2c3ccccc3Sc3ccccc32)nnc1C1CC1. The van der Waals surface area contributed by atoms with E-state index in [0.717, 1.165) is 45.0 Å². The van der Waals surface area contributed by atoms with Crippen LogP contribution in [0.1, 0.15) is 24.6 Å². The van der Waals surface area contributed by atoms with Gasteiger partial charge in [-0.3, -0.25) is 9.69 Å². The van der Waals surface area contributed by atoms with Gasteiger partial charge in [0.25, 0.3) is 0 Å². The van der Waals surface area contributed by atoms with E-state index in [2.05, 4.69) is 33.5 Å². The lowest BCUT2D eigenvalue weighted by atomic mass is 10.2. The first-order valence-electron chi connectivity index (χ1n) is 9.62. The molecule has 5 rings (SSSR count). The molecule has 0 saturated heterocycles. The molecule has 0 spiro atoms. The highest BCUT2D eigenvalue weighted by Gasteiger charge is 2.31. The van der Waals surface area contributed by atoms with E-state index in [0.29, 0.717) is 18.2 Å². The van der Waals surface area contributed by atoms with Gasteiger partial charge in [-0.2, -0.15) is 0 Å². The fourth-order valence-electron chi connectivity index (χ4n) is 3.52. The zero-order valence-electron chi connectivity index (χ0n) is 15.8. The van der Waals surface area contributed by atoms with Crippen LogP contribution in [0.2, 0.25) is 0 Å². The van der Waals surface area contributed by atoms with E-state index in [1.807, 2.05) is 47.4 Å². The molecular formula is C22H20N4OS2. The van der Waals surface area contributed by atoms with Gasteiger partial charge in [-0.15, -0.1) is 16.8 Å². The molecule has 1 amide bonds. The van der Waals surface area contributed by atoms with Crippen LogP contribution in [0.4, 0.5) is 11.4 Å². The highest BCUT2D eigenvalue weighted by molar-refractivity contribution is 8.00. The second kappa shape index (κ2) is 7.72. The van der Waals surface area contributed by atoms with Crippen LogP contribution in [-0.4, -0.2) is 26.4 Å². The quantitative estimate of drug-likeness (QED) is 0.402. The molecule has 0 bridgehead atoms. The summed E-state index contributed by atoms with van der Waals surface area (Å²) in [5, 5.41) is 9.52. The van der Waals surface area contributed by atoms with Crippen LogP contribution in [0.25, 0.3) is 0 Å². The van der Waals surface area contributed by atoms with Crippen molar-refractivity contribution in [3.05, 3.63) is 67.0 Å². The molecule has 146 valence electrons. The normalized spacial score (nSPS) is 15.0. The Morgan fingerprint density at radius 3 is 2.38 bits per heavy atom. The number of carbonyl (C=O) groups is 1. The summed E-state index contributed by atoms with van der Waals surface area (Å²) in [4.78, 5) is 17.4. The lowest BCUT2D eigenvalue weighted by Crippen LogP contribution is -2.30. The molecule has 7 heteroatoms. The number of rotatable bonds is 6. The molecule has 1 fully saturated rings. The molecule has 1 aliphatic heterocycles. The van der Waals surface area contributed by atoms with Gasteiger partial charge in [0.1, 0.15) is 5.82 Å². The predicted octanol–water partition coefficient (Wildman–Crippen LogP) is 5.26. The lowest BCUT2D eigenvalue weighted by molar-refractivity contribution is -0.115. The van der Waals surface area contributed by atoms with Crippen molar-refractivity contribution in [3.8, 4) is 0 Å². The van der Waals surface area contributed by atoms with Crippen LogP contribution in [-0.2, 0) is 11.3 Å². The summed E-state index contributed by atoms with van der Waals surface area (Å²) in [6.07, 6.45) is 4.19. The number of nitrogens with zero attached hydrogens (tertiary/aromatic N) is 4. The summed E-state index contributed by atoms with van der Waals surface area (Å²) in [6, 6.07) is 16.1. The Labute approximate surface area is 178 Å². The van der Waals surface area contributed by atoms with Crippen molar-refractivity contribution in [1.82, 2.24) is 14.8 Å². The summed E-state index contributed by atoms with van der Waals surface area (Å²) in [6.45, 7) is 4.52. The molecule has 29 heavy (non-hydrogen) atoms. The Morgan fingerprint density at radius 2 is 1.76 bits per heavy atom. The van der Waals surface area contributed by atoms with Gasteiger partial charge in [-0.05, 0) is 37.1 Å². The second-order valence-electron chi connectivity index (χ2n) is 7.07. The monoisotopic (exact) mass is 420 g/mol. The number of carbonyl (C=O) groups excluding carboxylic acids is 1. The topological polar surface area (TPSA) is 51.0 Å². The fraction of sp³-hybridized carbons (Fsp3) is 0.227. The van der Waals surface area contributed by atoms with Gasteiger partial charge in [0.15, 0.2) is 5.16 Å². The highest BCUT2D eigenvalue weighted by atomic mass is 32.2. The minimum absolute atomic E-state index is 0.0383. The number of aromatic nitrogens is 3. The van der Waals surface area contributed by atoms with Gasteiger partial charge in [-0.1, -0.05) is 53.9 Å². The zero-order chi connectivity index (χ0) is 19.8. The van der Waals surface area contributed by atoms with Crippen LogP contribution >= 0.6 is 23.5 Å². The Kier molecular flexibility index (Phi) is 4.93. The number of anilines is 2. The van der Waals surface area contributed by atoms with E-state index >= 15 is 0 Å². The summed E-state index contributed by atoms with van der Waals surface area (Å²) in [5.74, 6) is 1.86. The number of hydrogen-bond acceptors (Lipinski definition) is 5. The molecule has 0 atom stereocenters. The molecule has 1 aliphatic carbocycles. The molecule has 0 unspecified atom stereocenters. The maximum atomic E-state index is 13.3. The van der Waals surface area contributed by atoms with Crippen molar-refractivity contribution in [1.29, 1.82) is 0 Å². The minimum Gasteiger partial charge on any atom is -0.302 e. The summed E-state index contributed by atoms with van der Waals surface area (Å²) < 4.78 is 2.09. The van der Waals surface area contributed by atoms with E-state index in [9.17, 15) is 4.79 Å². The zero-order valence-corrected chi connectivity index (χ0v) is 17.5. The van der Waals surface area contributed by atoms with Gasteiger partial charge < -0.3 is 4.57 Å². The third-order valence-corrected chi connectivity index (χ3v) is 7.09. The number of amides is 1. The molecule has 5 nitrogen and oxygen atoms in total. The van der Waals surface area contributed by atoms with Crippen LogP contribution < -0.4 is 4.90 Å². The van der Waals surface area contributed by atoms with Crippen molar-refractivity contribution in [2.24, 2.45) is 0 Å². The number of allylic oxidation sites excluding steroid dienone is 1. The average Bonchev–Trinajstić information content (AvgIpc) is 3.52. The van der Waals surface area contributed by atoms with Crippen molar-refractivity contribution in [2.75, 3.05) is 10.7 Å². The van der Waals surface area contributed by atoms with Gasteiger partial charge in [0.2, 0.25) is 5.91 Å². The number of fused-ring (bicyclic) bond motifs is 2. The Bertz CT molecular complexity index is 1040. The van der Waals surface area contributed by atoms with E-state index in [-0.39, 0.29) is 5.91 Å². The first-order valence-corrected chi connectivity index (χ1v) is 11.4.